The van der Waals surface area contributed by atoms with Gasteiger partial charge in [0.1, 0.15) is 11.5 Å². The van der Waals surface area contributed by atoms with Crippen molar-refractivity contribution in [3.05, 3.63) is 48.0 Å². The first-order chi connectivity index (χ1) is 14.8. The van der Waals surface area contributed by atoms with Crippen molar-refractivity contribution in [1.82, 2.24) is 0 Å². The Morgan fingerprint density at radius 3 is 2.16 bits per heavy atom. The number of esters is 1. The summed E-state index contributed by atoms with van der Waals surface area (Å²) in [7, 11) is 2.98. The molecule has 1 atom stereocenters. The first kappa shape index (κ1) is 21.8. The van der Waals surface area contributed by atoms with Gasteiger partial charge < -0.3 is 19.5 Å². The van der Waals surface area contributed by atoms with Gasteiger partial charge in [0.05, 0.1) is 25.5 Å². The van der Waals surface area contributed by atoms with Gasteiger partial charge in [-0.3, -0.25) is 19.3 Å². The second kappa shape index (κ2) is 9.29. The van der Waals surface area contributed by atoms with Gasteiger partial charge in [0, 0.05) is 36.7 Å². The molecule has 0 spiro atoms. The minimum atomic E-state index is -1.11. The molecule has 0 bridgehead atoms. The Morgan fingerprint density at radius 1 is 0.968 bits per heavy atom. The third kappa shape index (κ3) is 5.00. The predicted molar refractivity (Wildman–Crippen MR) is 111 cm³/mol. The van der Waals surface area contributed by atoms with Crippen LogP contribution in [0.3, 0.4) is 0 Å². The maximum atomic E-state index is 12.5. The quantitative estimate of drug-likeness (QED) is 0.535. The number of nitrogens with one attached hydrogen (secondary N) is 1. The number of carbonyl (C=O) groups is 4. The van der Waals surface area contributed by atoms with E-state index in [-0.39, 0.29) is 30.2 Å². The summed E-state index contributed by atoms with van der Waals surface area (Å²) in [6.07, 6.45) is -0.831. The number of nitrogens with zero attached hydrogens (tertiary/aromatic N) is 1. The molecule has 0 unspecified atom stereocenters. The van der Waals surface area contributed by atoms with E-state index >= 15 is 0 Å². The van der Waals surface area contributed by atoms with Crippen molar-refractivity contribution in [2.45, 2.75) is 25.9 Å². The molecule has 3 rings (SSSR count). The number of anilines is 2. The normalized spacial score (nSPS) is 14.2. The Hall–Kier alpha value is -3.88. The fraction of sp³-hybridized carbons (Fsp3) is 0.273. The van der Waals surface area contributed by atoms with Crippen LogP contribution in [0.15, 0.2) is 42.5 Å². The van der Waals surface area contributed by atoms with Crippen LogP contribution < -0.4 is 19.7 Å². The van der Waals surface area contributed by atoms with Crippen molar-refractivity contribution < 1.29 is 33.4 Å². The molecule has 0 saturated carbocycles. The van der Waals surface area contributed by atoms with Crippen LogP contribution in [-0.4, -0.2) is 44.0 Å². The lowest BCUT2D eigenvalue weighted by Crippen LogP contribution is -2.30. The van der Waals surface area contributed by atoms with Crippen LogP contribution in [0.25, 0.3) is 0 Å². The second-order valence-corrected chi connectivity index (χ2v) is 6.81. The number of hydrogen-bond acceptors (Lipinski definition) is 7. The third-order valence-corrected chi connectivity index (χ3v) is 4.66. The number of methoxy groups -OCH3 is 2. The standard InChI is InChI=1S/C22H22N2O7/c1-13(21(27)23-15-10-17(29-2)12-18(11-15)30-3)31-22(28)14-5-4-6-16(9-14)24-19(25)7-8-20(24)26/h4-6,9-13H,7-8H2,1-3H3,(H,23,27)/t13-/m1/s1. The van der Waals surface area contributed by atoms with Crippen molar-refractivity contribution in [2.24, 2.45) is 0 Å². The van der Waals surface area contributed by atoms with Crippen LogP contribution in [0.2, 0.25) is 0 Å². The van der Waals surface area contributed by atoms with Crippen molar-refractivity contribution in [1.29, 1.82) is 0 Å². The predicted octanol–water partition coefficient (Wildman–Crippen LogP) is 2.54. The minimum Gasteiger partial charge on any atom is -0.497 e. The molecule has 2 aromatic rings. The molecule has 9 nitrogen and oxygen atoms in total. The summed E-state index contributed by atoms with van der Waals surface area (Å²) in [6.45, 7) is 1.43. The van der Waals surface area contributed by atoms with Gasteiger partial charge >= 0.3 is 5.97 Å². The molecule has 1 fully saturated rings. The Labute approximate surface area is 178 Å². The van der Waals surface area contributed by atoms with Gasteiger partial charge in [-0.2, -0.15) is 0 Å². The average molecular weight is 426 g/mol. The number of carbonyl (C=O) groups excluding carboxylic acids is 4. The summed E-state index contributed by atoms with van der Waals surface area (Å²) in [5, 5.41) is 2.64. The molecule has 1 aliphatic heterocycles. The highest BCUT2D eigenvalue weighted by Gasteiger charge is 2.30. The molecule has 1 N–H and O–H groups in total. The summed E-state index contributed by atoms with van der Waals surface area (Å²) in [5.74, 6) is -0.977. The number of rotatable bonds is 7. The van der Waals surface area contributed by atoms with Gasteiger partial charge in [-0.25, -0.2) is 4.79 Å². The second-order valence-electron chi connectivity index (χ2n) is 6.81. The highest BCUT2D eigenvalue weighted by molar-refractivity contribution is 6.20. The number of imide groups is 1. The first-order valence-corrected chi connectivity index (χ1v) is 9.53. The van der Waals surface area contributed by atoms with E-state index in [0.29, 0.717) is 22.9 Å². The van der Waals surface area contributed by atoms with Crippen LogP contribution in [0.5, 0.6) is 11.5 Å². The molecule has 0 radical (unpaired) electrons. The van der Waals surface area contributed by atoms with E-state index in [1.54, 1.807) is 24.3 Å². The highest BCUT2D eigenvalue weighted by atomic mass is 16.5. The zero-order valence-corrected chi connectivity index (χ0v) is 17.3. The van der Waals surface area contributed by atoms with Crippen molar-refractivity contribution in [2.75, 3.05) is 24.4 Å². The molecular weight excluding hydrogens is 404 g/mol. The van der Waals surface area contributed by atoms with Crippen molar-refractivity contribution >= 4 is 35.1 Å². The molecule has 2 aromatic carbocycles. The molecule has 1 aliphatic rings. The van der Waals surface area contributed by atoms with E-state index in [0.717, 1.165) is 4.90 Å². The van der Waals surface area contributed by atoms with Gasteiger partial charge in [-0.05, 0) is 25.1 Å². The fourth-order valence-corrected chi connectivity index (χ4v) is 3.04. The van der Waals surface area contributed by atoms with Crippen LogP contribution >= 0.6 is 0 Å². The van der Waals surface area contributed by atoms with E-state index in [1.807, 2.05) is 0 Å². The number of amides is 3. The van der Waals surface area contributed by atoms with E-state index in [1.165, 1.54) is 39.3 Å². The Balaban J connectivity index is 1.68. The van der Waals surface area contributed by atoms with Gasteiger partial charge in [-0.15, -0.1) is 0 Å². The number of ether oxygens (including phenoxy) is 3. The van der Waals surface area contributed by atoms with Gasteiger partial charge in [0.2, 0.25) is 11.8 Å². The Bertz CT molecular complexity index is 996. The fourth-order valence-electron chi connectivity index (χ4n) is 3.04. The van der Waals surface area contributed by atoms with E-state index in [9.17, 15) is 19.2 Å². The molecule has 3 amide bonds. The number of benzene rings is 2. The maximum absolute atomic E-state index is 12.5. The summed E-state index contributed by atoms with van der Waals surface area (Å²) < 4.78 is 15.6. The molecule has 1 saturated heterocycles. The molecule has 9 heteroatoms. The van der Waals surface area contributed by atoms with E-state index in [2.05, 4.69) is 5.32 Å². The summed E-state index contributed by atoms with van der Waals surface area (Å²) in [4.78, 5) is 49.9. The van der Waals surface area contributed by atoms with Crippen LogP contribution in [0.4, 0.5) is 11.4 Å². The number of hydrogen-bond donors (Lipinski definition) is 1. The maximum Gasteiger partial charge on any atom is 0.338 e. The molecule has 1 heterocycles. The lowest BCUT2D eigenvalue weighted by Gasteiger charge is -2.16. The highest BCUT2D eigenvalue weighted by Crippen LogP contribution is 2.26. The summed E-state index contributed by atoms with van der Waals surface area (Å²) in [6, 6.07) is 10.8. The van der Waals surface area contributed by atoms with Crippen LogP contribution in [0.1, 0.15) is 30.1 Å². The zero-order chi connectivity index (χ0) is 22.5. The zero-order valence-electron chi connectivity index (χ0n) is 17.3. The minimum absolute atomic E-state index is 0.118. The van der Waals surface area contributed by atoms with Gasteiger partial charge in [0.15, 0.2) is 6.10 Å². The SMILES string of the molecule is COc1cc(NC(=O)[C@@H](C)OC(=O)c2cccc(N3C(=O)CCC3=O)c2)cc(OC)c1. The van der Waals surface area contributed by atoms with E-state index in [4.69, 9.17) is 14.2 Å². The lowest BCUT2D eigenvalue weighted by molar-refractivity contribution is -0.124. The summed E-state index contributed by atoms with van der Waals surface area (Å²) in [5.41, 5.74) is 0.826. The van der Waals surface area contributed by atoms with Crippen molar-refractivity contribution in [3.8, 4) is 11.5 Å². The third-order valence-electron chi connectivity index (χ3n) is 4.66. The lowest BCUT2D eigenvalue weighted by atomic mass is 10.2. The molecule has 162 valence electrons. The molecular formula is C22H22N2O7. The topological polar surface area (TPSA) is 111 Å². The smallest absolute Gasteiger partial charge is 0.338 e. The monoisotopic (exact) mass is 426 g/mol. The molecule has 31 heavy (non-hydrogen) atoms. The molecule has 0 aliphatic carbocycles. The largest absolute Gasteiger partial charge is 0.497 e. The Morgan fingerprint density at radius 2 is 1.58 bits per heavy atom. The van der Waals surface area contributed by atoms with Crippen LogP contribution in [0, 0.1) is 0 Å². The van der Waals surface area contributed by atoms with Crippen LogP contribution in [-0.2, 0) is 19.1 Å². The van der Waals surface area contributed by atoms with Gasteiger partial charge in [0.25, 0.3) is 5.91 Å². The first-order valence-electron chi connectivity index (χ1n) is 9.53. The van der Waals surface area contributed by atoms with E-state index < -0.39 is 18.0 Å². The van der Waals surface area contributed by atoms with Gasteiger partial charge in [-0.1, -0.05) is 6.07 Å². The average Bonchev–Trinajstić information content (AvgIpc) is 3.11. The van der Waals surface area contributed by atoms with Crippen molar-refractivity contribution in [3.63, 3.8) is 0 Å². The summed E-state index contributed by atoms with van der Waals surface area (Å²) >= 11 is 0. The Kier molecular flexibility index (Phi) is 6.54. The molecule has 0 aromatic heterocycles.